The molecule has 0 radical (unpaired) electrons. The van der Waals surface area contributed by atoms with Crippen molar-refractivity contribution in [3.8, 4) is 5.75 Å². The van der Waals surface area contributed by atoms with Crippen LogP contribution in [0.1, 0.15) is 18.1 Å². The number of likely N-dealkylation sites (N-methyl/N-ethyl adjacent to an activating group) is 1. The fraction of sp³-hybridized carbons (Fsp3) is 0.350. The number of rotatable bonds is 8. The molecular weight excluding hydrogens is 378 g/mol. The van der Waals surface area contributed by atoms with E-state index in [1.54, 1.807) is 13.0 Å². The summed E-state index contributed by atoms with van der Waals surface area (Å²) in [7, 11) is -1.99. The lowest BCUT2D eigenvalue weighted by Crippen LogP contribution is -2.41. The first-order chi connectivity index (χ1) is 13.1. The van der Waals surface area contributed by atoms with E-state index in [1.807, 2.05) is 37.9 Å². The lowest BCUT2D eigenvalue weighted by atomic mass is 10.1. The first-order valence-electron chi connectivity index (χ1n) is 8.91. The average molecular weight is 406 g/mol. The zero-order valence-electron chi connectivity index (χ0n) is 16.6. The van der Waals surface area contributed by atoms with Crippen molar-refractivity contribution in [2.45, 2.75) is 31.7 Å². The number of nitrogens with zero attached hydrogens (tertiary/aromatic N) is 1. The second kappa shape index (κ2) is 9.18. The number of amides is 1. The topological polar surface area (TPSA) is 102 Å². The molecule has 0 aliphatic rings. The normalized spacial score (nSPS) is 12.6. The summed E-state index contributed by atoms with van der Waals surface area (Å²) < 4.78 is 28.7. The number of nitrogens with one attached hydrogen (secondary N) is 1. The molecule has 152 valence electrons. The van der Waals surface area contributed by atoms with Crippen LogP contribution in [0.15, 0.2) is 47.4 Å². The van der Waals surface area contributed by atoms with Gasteiger partial charge in [-0.3, -0.25) is 9.69 Å². The Bertz CT molecular complexity index is 924. The summed E-state index contributed by atoms with van der Waals surface area (Å²) in [5.74, 6) is 0.559. The van der Waals surface area contributed by atoms with Gasteiger partial charge in [0.25, 0.3) is 0 Å². The van der Waals surface area contributed by atoms with Gasteiger partial charge >= 0.3 is 0 Å². The van der Waals surface area contributed by atoms with E-state index < -0.39 is 16.1 Å². The Morgan fingerprint density at radius 3 is 2.43 bits per heavy atom. The van der Waals surface area contributed by atoms with Crippen LogP contribution in [0, 0.1) is 13.8 Å². The lowest BCUT2D eigenvalue weighted by Gasteiger charge is -2.24. The summed E-state index contributed by atoms with van der Waals surface area (Å²) in [6, 6.07) is 11.5. The minimum Gasteiger partial charge on any atom is -0.492 e. The highest BCUT2D eigenvalue weighted by Gasteiger charge is 2.19. The summed E-state index contributed by atoms with van der Waals surface area (Å²) in [6.45, 7) is 6.80. The van der Waals surface area contributed by atoms with Crippen LogP contribution in [-0.2, 0) is 14.8 Å². The van der Waals surface area contributed by atoms with Crippen LogP contribution in [0.5, 0.6) is 5.75 Å². The van der Waals surface area contributed by atoms with Crippen molar-refractivity contribution in [2.24, 2.45) is 5.14 Å². The van der Waals surface area contributed by atoms with Crippen molar-refractivity contribution >= 4 is 21.6 Å². The fourth-order valence-corrected chi connectivity index (χ4v) is 3.27. The molecule has 0 heterocycles. The Labute approximate surface area is 166 Å². The molecule has 0 spiro atoms. The van der Waals surface area contributed by atoms with Crippen molar-refractivity contribution in [3.63, 3.8) is 0 Å². The van der Waals surface area contributed by atoms with Crippen LogP contribution >= 0.6 is 0 Å². The molecule has 28 heavy (non-hydrogen) atoms. The Kier molecular flexibility index (Phi) is 7.17. The Morgan fingerprint density at radius 1 is 1.18 bits per heavy atom. The molecule has 2 rings (SSSR count). The van der Waals surface area contributed by atoms with Gasteiger partial charge < -0.3 is 10.1 Å². The van der Waals surface area contributed by atoms with E-state index in [1.165, 1.54) is 18.2 Å². The van der Waals surface area contributed by atoms with Gasteiger partial charge in [-0.2, -0.15) is 0 Å². The molecule has 0 aliphatic heterocycles. The Hall–Kier alpha value is -2.42. The first-order valence-corrected chi connectivity index (χ1v) is 10.5. The van der Waals surface area contributed by atoms with Gasteiger partial charge in [0, 0.05) is 12.2 Å². The number of carbonyl (C=O) groups is 1. The van der Waals surface area contributed by atoms with Crippen LogP contribution in [0.2, 0.25) is 0 Å². The lowest BCUT2D eigenvalue weighted by molar-refractivity contribution is -0.120. The second-order valence-electron chi connectivity index (χ2n) is 6.89. The molecule has 1 atom stereocenters. The molecule has 0 aliphatic carbocycles. The highest BCUT2D eigenvalue weighted by Crippen LogP contribution is 2.17. The largest absolute Gasteiger partial charge is 0.492 e. The SMILES string of the molecule is Cc1cc(C)cc(OCCN(C)C(C)C(=O)Nc2cccc(S(N)(=O)=O)c2)c1. The number of sulfonamides is 1. The predicted octanol–water partition coefficient (Wildman–Crippen LogP) is 2.29. The van der Waals surface area contributed by atoms with E-state index in [9.17, 15) is 13.2 Å². The van der Waals surface area contributed by atoms with Crippen LogP contribution in [0.4, 0.5) is 5.69 Å². The van der Waals surface area contributed by atoms with E-state index in [2.05, 4.69) is 11.4 Å². The van der Waals surface area contributed by atoms with E-state index in [0.29, 0.717) is 18.8 Å². The van der Waals surface area contributed by atoms with Crippen LogP contribution in [0.3, 0.4) is 0 Å². The van der Waals surface area contributed by atoms with Gasteiger partial charge in [0.1, 0.15) is 12.4 Å². The number of anilines is 1. The molecule has 0 bridgehead atoms. The molecule has 1 unspecified atom stereocenters. The van der Waals surface area contributed by atoms with Crippen molar-refractivity contribution in [3.05, 3.63) is 53.6 Å². The molecular formula is C20H27N3O4S. The van der Waals surface area contributed by atoms with Crippen molar-refractivity contribution < 1.29 is 17.9 Å². The smallest absolute Gasteiger partial charge is 0.241 e. The van der Waals surface area contributed by atoms with Gasteiger partial charge in [-0.1, -0.05) is 12.1 Å². The number of nitrogens with two attached hydrogens (primary N) is 1. The number of aryl methyl sites for hydroxylation is 2. The monoisotopic (exact) mass is 405 g/mol. The highest BCUT2D eigenvalue weighted by atomic mass is 32.2. The van der Waals surface area contributed by atoms with E-state index in [-0.39, 0.29) is 10.8 Å². The number of hydrogen-bond donors (Lipinski definition) is 2. The maximum Gasteiger partial charge on any atom is 0.241 e. The third-order valence-electron chi connectivity index (χ3n) is 4.38. The first kappa shape index (κ1) is 21.9. The third kappa shape index (κ3) is 6.33. The molecule has 2 aromatic carbocycles. The zero-order valence-corrected chi connectivity index (χ0v) is 17.4. The van der Waals surface area contributed by atoms with Crippen LogP contribution < -0.4 is 15.2 Å². The zero-order chi connectivity index (χ0) is 20.9. The van der Waals surface area contributed by atoms with Crippen molar-refractivity contribution in [2.75, 3.05) is 25.5 Å². The molecule has 2 aromatic rings. The number of ether oxygens (including phenoxy) is 1. The quantitative estimate of drug-likeness (QED) is 0.702. The van der Waals surface area contributed by atoms with E-state index in [4.69, 9.17) is 9.88 Å². The Balaban J connectivity index is 1.90. The predicted molar refractivity (Wildman–Crippen MR) is 110 cm³/mol. The standard InChI is InChI=1S/C20H27N3O4S/c1-14-10-15(2)12-18(11-14)27-9-8-23(4)16(3)20(24)22-17-6-5-7-19(13-17)28(21,25)26/h5-7,10-13,16H,8-9H2,1-4H3,(H,22,24)(H2,21,25,26). The van der Waals surface area contributed by atoms with Gasteiger partial charge in [0.05, 0.1) is 10.9 Å². The maximum atomic E-state index is 12.5. The van der Waals surface area contributed by atoms with Crippen LogP contribution in [-0.4, -0.2) is 45.5 Å². The molecule has 8 heteroatoms. The number of primary sulfonamides is 1. The summed E-state index contributed by atoms with van der Waals surface area (Å²) in [4.78, 5) is 14.3. The minimum atomic E-state index is -3.82. The summed E-state index contributed by atoms with van der Waals surface area (Å²) >= 11 is 0. The molecule has 0 fully saturated rings. The molecule has 0 aromatic heterocycles. The summed E-state index contributed by atoms with van der Waals surface area (Å²) in [5, 5.41) is 7.84. The van der Waals surface area contributed by atoms with Gasteiger partial charge in [0.15, 0.2) is 0 Å². The molecule has 0 saturated carbocycles. The number of benzene rings is 2. The van der Waals surface area contributed by atoms with Crippen molar-refractivity contribution in [1.82, 2.24) is 4.90 Å². The second-order valence-corrected chi connectivity index (χ2v) is 8.45. The molecule has 3 N–H and O–H groups in total. The van der Waals surface area contributed by atoms with E-state index >= 15 is 0 Å². The van der Waals surface area contributed by atoms with Gasteiger partial charge in [-0.25, -0.2) is 13.6 Å². The highest BCUT2D eigenvalue weighted by molar-refractivity contribution is 7.89. The minimum absolute atomic E-state index is 0.0480. The number of hydrogen-bond acceptors (Lipinski definition) is 5. The summed E-state index contributed by atoms with van der Waals surface area (Å²) in [6.07, 6.45) is 0. The fourth-order valence-electron chi connectivity index (χ4n) is 2.72. The van der Waals surface area contributed by atoms with Crippen LogP contribution in [0.25, 0.3) is 0 Å². The average Bonchev–Trinajstić information content (AvgIpc) is 2.59. The van der Waals surface area contributed by atoms with Gasteiger partial charge in [-0.05, 0) is 69.3 Å². The summed E-state index contributed by atoms with van der Waals surface area (Å²) in [5.41, 5.74) is 2.65. The maximum absolute atomic E-state index is 12.5. The van der Waals surface area contributed by atoms with Gasteiger partial charge in [-0.15, -0.1) is 0 Å². The van der Waals surface area contributed by atoms with Crippen molar-refractivity contribution in [1.29, 1.82) is 0 Å². The Morgan fingerprint density at radius 2 is 1.82 bits per heavy atom. The molecule has 1 amide bonds. The van der Waals surface area contributed by atoms with Gasteiger partial charge in [0.2, 0.25) is 15.9 Å². The third-order valence-corrected chi connectivity index (χ3v) is 5.29. The number of carbonyl (C=O) groups excluding carboxylic acids is 1. The molecule has 0 saturated heterocycles. The van der Waals surface area contributed by atoms with E-state index in [0.717, 1.165) is 16.9 Å². The molecule has 7 nitrogen and oxygen atoms in total.